The fourth-order valence-electron chi connectivity index (χ4n) is 3.70. The highest BCUT2D eigenvalue weighted by Gasteiger charge is 2.22. The van der Waals surface area contributed by atoms with Crippen molar-refractivity contribution in [1.29, 1.82) is 0 Å². The van der Waals surface area contributed by atoms with Crippen LogP contribution in [0.5, 0.6) is 0 Å². The summed E-state index contributed by atoms with van der Waals surface area (Å²) < 4.78 is 21.7. The third-order valence-electron chi connectivity index (χ3n) is 6.15. The summed E-state index contributed by atoms with van der Waals surface area (Å²) in [6.07, 6.45) is 3.82. The van der Waals surface area contributed by atoms with Crippen LogP contribution in [0.15, 0.2) is 36.4 Å². The van der Waals surface area contributed by atoms with Crippen LogP contribution in [0.4, 0.5) is 5.69 Å². The highest BCUT2D eigenvalue weighted by molar-refractivity contribution is 6.12. The number of benzene rings is 1. The maximum atomic E-state index is 12.5. The molecule has 0 aliphatic carbocycles. The minimum atomic E-state index is -0.319. The van der Waals surface area contributed by atoms with Gasteiger partial charge < -0.3 is 29.6 Å². The standard InChI is InChI=1S/C29H43N3O8/c1-4-23-5-7-24(8-6-23)30-27(34)21-25(22(2)3)31-26(33)11-13-37-15-17-39-19-20-40-18-16-38-14-12-32-28(35)9-10-29(32)36/h5-10,22,25H,4,11-21H2,1-3H3,(H,30,34)(H,31,33). The van der Waals surface area contributed by atoms with Crippen LogP contribution in [0.2, 0.25) is 0 Å². The van der Waals surface area contributed by atoms with Gasteiger partial charge in [0.1, 0.15) is 0 Å². The highest BCUT2D eigenvalue weighted by atomic mass is 16.6. The monoisotopic (exact) mass is 561 g/mol. The normalized spacial score (nSPS) is 13.8. The van der Waals surface area contributed by atoms with Crippen molar-refractivity contribution in [3.05, 3.63) is 42.0 Å². The van der Waals surface area contributed by atoms with Crippen LogP contribution in [0.1, 0.15) is 39.2 Å². The SMILES string of the molecule is CCc1ccc(NC(=O)CC(NC(=O)CCOCCOCCOCCOCCN2C(=O)C=CC2=O)C(C)C)cc1. The Kier molecular flexibility index (Phi) is 15.8. The van der Waals surface area contributed by atoms with E-state index in [2.05, 4.69) is 17.6 Å². The molecule has 2 rings (SSSR count). The molecule has 11 nitrogen and oxygen atoms in total. The predicted molar refractivity (Wildman–Crippen MR) is 150 cm³/mol. The number of amides is 4. The Morgan fingerprint density at radius 1 is 0.775 bits per heavy atom. The number of anilines is 1. The Morgan fingerprint density at radius 2 is 1.30 bits per heavy atom. The summed E-state index contributed by atoms with van der Waals surface area (Å²) in [5, 5.41) is 5.83. The van der Waals surface area contributed by atoms with Gasteiger partial charge in [0.15, 0.2) is 0 Å². The lowest BCUT2D eigenvalue weighted by molar-refractivity contribution is -0.137. The van der Waals surface area contributed by atoms with Gasteiger partial charge in [-0.25, -0.2) is 0 Å². The zero-order valence-corrected chi connectivity index (χ0v) is 23.8. The molecule has 40 heavy (non-hydrogen) atoms. The number of imide groups is 1. The zero-order chi connectivity index (χ0) is 29.2. The molecule has 1 aromatic rings. The second kappa shape index (κ2) is 19.0. The first-order chi connectivity index (χ1) is 19.3. The minimum Gasteiger partial charge on any atom is -0.379 e. The maximum absolute atomic E-state index is 12.5. The molecule has 0 bridgehead atoms. The Labute approximate surface area is 236 Å². The largest absolute Gasteiger partial charge is 0.379 e. The summed E-state index contributed by atoms with van der Waals surface area (Å²) in [5.74, 6) is -0.839. The van der Waals surface area contributed by atoms with E-state index in [-0.39, 0.29) is 68.2 Å². The first kappa shape index (κ1) is 33.1. The molecule has 4 amide bonds. The van der Waals surface area contributed by atoms with Crippen LogP contribution in [0.25, 0.3) is 0 Å². The summed E-state index contributed by atoms with van der Waals surface area (Å²) in [6, 6.07) is 7.47. The topological polar surface area (TPSA) is 132 Å². The second-order valence-corrected chi connectivity index (χ2v) is 9.58. The Morgan fingerprint density at radius 3 is 1.82 bits per heavy atom. The molecule has 1 atom stereocenters. The molecule has 11 heteroatoms. The van der Waals surface area contributed by atoms with E-state index in [0.29, 0.717) is 39.6 Å². The van der Waals surface area contributed by atoms with E-state index in [1.807, 2.05) is 38.1 Å². The number of nitrogens with one attached hydrogen (secondary N) is 2. The van der Waals surface area contributed by atoms with E-state index < -0.39 is 0 Å². The zero-order valence-electron chi connectivity index (χ0n) is 23.8. The van der Waals surface area contributed by atoms with Crippen molar-refractivity contribution in [3.63, 3.8) is 0 Å². The minimum absolute atomic E-state index is 0.101. The lowest BCUT2D eigenvalue weighted by Gasteiger charge is -2.22. The average Bonchev–Trinajstić information content (AvgIpc) is 3.25. The number of nitrogens with zero attached hydrogens (tertiary/aromatic N) is 1. The molecule has 1 aliphatic heterocycles. The maximum Gasteiger partial charge on any atom is 0.253 e. The molecule has 1 unspecified atom stereocenters. The van der Waals surface area contributed by atoms with Crippen LogP contribution in [0, 0.1) is 5.92 Å². The van der Waals surface area contributed by atoms with E-state index in [0.717, 1.165) is 17.0 Å². The van der Waals surface area contributed by atoms with Gasteiger partial charge in [0.05, 0.1) is 59.4 Å². The van der Waals surface area contributed by atoms with Gasteiger partial charge in [-0.05, 0) is 30.0 Å². The number of hydrogen-bond donors (Lipinski definition) is 2. The van der Waals surface area contributed by atoms with Crippen molar-refractivity contribution >= 4 is 29.3 Å². The Hall–Kier alpha value is -3.12. The van der Waals surface area contributed by atoms with E-state index >= 15 is 0 Å². The van der Waals surface area contributed by atoms with Crippen molar-refractivity contribution in [1.82, 2.24) is 10.2 Å². The van der Waals surface area contributed by atoms with E-state index in [9.17, 15) is 19.2 Å². The van der Waals surface area contributed by atoms with Gasteiger partial charge in [-0.2, -0.15) is 0 Å². The number of carbonyl (C=O) groups is 4. The summed E-state index contributed by atoms with van der Waals surface area (Å²) in [5.41, 5.74) is 1.95. The van der Waals surface area contributed by atoms with Gasteiger partial charge in [-0.15, -0.1) is 0 Å². The van der Waals surface area contributed by atoms with Crippen LogP contribution >= 0.6 is 0 Å². The molecule has 0 saturated heterocycles. The average molecular weight is 562 g/mol. The number of aryl methyl sites for hydroxylation is 1. The summed E-state index contributed by atoms with van der Waals surface area (Å²) in [4.78, 5) is 48.8. The van der Waals surface area contributed by atoms with Gasteiger partial charge in [0, 0.05) is 36.7 Å². The molecule has 222 valence electrons. The van der Waals surface area contributed by atoms with Crippen LogP contribution in [-0.4, -0.2) is 94.0 Å². The van der Waals surface area contributed by atoms with Crippen molar-refractivity contribution < 1.29 is 38.1 Å². The van der Waals surface area contributed by atoms with Gasteiger partial charge in [0.25, 0.3) is 11.8 Å². The van der Waals surface area contributed by atoms with Gasteiger partial charge in [-0.3, -0.25) is 24.1 Å². The van der Waals surface area contributed by atoms with Gasteiger partial charge in [-0.1, -0.05) is 32.9 Å². The quantitative estimate of drug-likeness (QED) is 0.172. The molecule has 1 heterocycles. The number of carbonyl (C=O) groups excluding carboxylic acids is 4. The molecular formula is C29H43N3O8. The third kappa shape index (κ3) is 13.3. The van der Waals surface area contributed by atoms with E-state index in [4.69, 9.17) is 18.9 Å². The van der Waals surface area contributed by atoms with Gasteiger partial charge in [0.2, 0.25) is 11.8 Å². The molecule has 0 saturated carbocycles. The molecule has 0 spiro atoms. The van der Waals surface area contributed by atoms with Crippen molar-refractivity contribution in [2.75, 3.05) is 64.7 Å². The van der Waals surface area contributed by atoms with Crippen LogP contribution < -0.4 is 10.6 Å². The van der Waals surface area contributed by atoms with Gasteiger partial charge >= 0.3 is 0 Å². The summed E-state index contributed by atoms with van der Waals surface area (Å²) in [6.45, 7) is 9.01. The van der Waals surface area contributed by atoms with Crippen molar-refractivity contribution in [2.45, 2.75) is 46.1 Å². The lowest BCUT2D eigenvalue weighted by atomic mass is 10.00. The van der Waals surface area contributed by atoms with E-state index in [1.165, 1.54) is 17.7 Å². The molecule has 0 aromatic heterocycles. The summed E-state index contributed by atoms with van der Waals surface area (Å²) >= 11 is 0. The summed E-state index contributed by atoms with van der Waals surface area (Å²) in [7, 11) is 0. The smallest absolute Gasteiger partial charge is 0.253 e. The van der Waals surface area contributed by atoms with Crippen LogP contribution in [-0.2, 0) is 44.5 Å². The molecule has 0 radical (unpaired) electrons. The lowest BCUT2D eigenvalue weighted by Crippen LogP contribution is -2.41. The Balaban J connectivity index is 1.43. The number of hydrogen-bond acceptors (Lipinski definition) is 8. The predicted octanol–water partition coefficient (Wildman–Crippen LogP) is 2.10. The molecule has 2 N–H and O–H groups in total. The van der Waals surface area contributed by atoms with Crippen molar-refractivity contribution in [3.8, 4) is 0 Å². The molecule has 0 fully saturated rings. The first-order valence-electron chi connectivity index (χ1n) is 13.8. The fourth-order valence-corrected chi connectivity index (χ4v) is 3.70. The highest BCUT2D eigenvalue weighted by Crippen LogP contribution is 2.13. The third-order valence-corrected chi connectivity index (χ3v) is 6.15. The molecular weight excluding hydrogens is 518 g/mol. The van der Waals surface area contributed by atoms with E-state index in [1.54, 1.807) is 0 Å². The number of ether oxygens (including phenoxy) is 4. The fraction of sp³-hybridized carbons (Fsp3) is 0.586. The molecule has 1 aromatic carbocycles. The first-order valence-corrected chi connectivity index (χ1v) is 13.8. The van der Waals surface area contributed by atoms with Crippen LogP contribution in [0.3, 0.4) is 0 Å². The second-order valence-electron chi connectivity index (χ2n) is 9.58. The Bertz CT molecular complexity index is 947. The number of rotatable bonds is 21. The molecule has 1 aliphatic rings. The van der Waals surface area contributed by atoms with Crippen molar-refractivity contribution in [2.24, 2.45) is 5.92 Å².